The molecule has 12 heavy (non-hydrogen) atoms. The van der Waals surface area contributed by atoms with Crippen molar-refractivity contribution in [2.75, 3.05) is 6.54 Å². The molecule has 1 saturated heterocycles. The molecule has 1 aliphatic rings. The molecule has 1 heterocycles. The maximum absolute atomic E-state index is 11.0. The number of hydrogen-bond acceptors (Lipinski definition) is 3. The lowest BCUT2D eigenvalue weighted by atomic mass is 10.2. The van der Waals surface area contributed by atoms with E-state index >= 15 is 0 Å². The van der Waals surface area contributed by atoms with E-state index in [9.17, 15) is 9.90 Å². The molecule has 0 spiro atoms. The van der Waals surface area contributed by atoms with Crippen molar-refractivity contribution < 1.29 is 9.90 Å². The molecule has 1 fully saturated rings. The van der Waals surface area contributed by atoms with Crippen LogP contribution in [-0.2, 0) is 4.79 Å². The van der Waals surface area contributed by atoms with Gasteiger partial charge in [0, 0.05) is 19.9 Å². The van der Waals surface area contributed by atoms with Gasteiger partial charge in [-0.05, 0) is 0 Å². The Kier molecular flexibility index (Phi) is 2.32. The molecule has 5 heteroatoms. The summed E-state index contributed by atoms with van der Waals surface area (Å²) in [5.41, 5.74) is 5.27. The average Bonchev–Trinajstić information content (AvgIpc) is 2.31. The van der Waals surface area contributed by atoms with E-state index in [-0.39, 0.29) is 11.7 Å². The van der Waals surface area contributed by atoms with Crippen molar-refractivity contribution >= 4 is 11.7 Å². The van der Waals surface area contributed by atoms with Gasteiger partial charge in [-0.15, -0.1) is 0 Å². The lowest BCUT2D eigenvalue weighted by molar-refractivity contribution is -0.128. The number of amidine groups is 1. The summed E-state index contributed by atoms with van der Waals surface area (Å²) in [5, 5.41) is 16.4. The molecule has 0 aromatic heterocycles. The van der Waals surface area contributed by atoms with Crippen LogP contribution in [0.15, 0.2) is 0 Å². The Bertz CT molecular complexity index is 195. The predicted octanol–water partition coefficient (Wildman–Crippen LogP) is -1.10. The second-order valence-electron chi connectivity index (χ2n) is 3.03. The van der Waals surface area contributed by atoms with E-state index in [1.807, 2.05) is 0 Å². The molecule has 0 aromatic rings. The molecule has 0 radical (unpaired) electrons. The number of aliphatic hydroxyl groups is 1. The number of carbonyl (C=O) groups is 1. The second-order valence-corrected chi connectivity index (χ2v) is 3.03. The van der Waals surface area contributed by atoms with E-state index < -0.39 is 12.1 Å². The fraction of sp³-hybridized carbons (Fsp3) is 0.714. The summed E-state index contributed by atoms with van der Waals surface area (Å²) in [6, 6.07) is -0.405. The van der Waals surface area contributed by atoms with Crippen molar-refractivity contribution in [2.45, 2.75) is 25.5 Å². The van der Waals surface area contributed by atoms with Crippen LogP contribution in [0.4, 0.5) is 0 Å². The van der Waals surface area contributed by atoms with Gasteiger partial charge in [-0.25, -0.2) is 0 Å². The molecule has 4 N–H and O–H groups in total. The van der Waals surface area contributed by atoms with Crippen LogP contribution in [0.5, 0.6) is 0 Å². The Balaban J connectivity index is 2.72. The van der Waals surface area contributed by atoms with Crippen LogP contribution in [0.3, 0.4) is 0 Å². The van der Waals surface area contributed by atoms with Crippen LogP contribution in [0.1, 0.15) is 13.3 Å². The molecule has 0 aliphatic carbocycles. The Hall–Kier alpha value is -1.10. The van der Waals surface area contributed by atoms with E-state index in [1.54, 1.807) is 0 Å². The number of amides is 1. The topological polar surface area (TPSA) is 90.4 Å². The summed E-state index contributed by atoms with van der Waals surface area (Å²) in [5.74, 6) is -0.200. The van der Waals surface area contributed by atoms with E-state index in [4.69, 9.17) is 11.1 Å². The molecule has 0 bridgehead atoms. The van der Waals surface area contributed by atoms with Crippen molar-refractivity contribution in [3.8, 4) is 0 Å². The van der Waals surface area contributed by atoms with Gasteiger partial charge in [0.1, 0.15) is 5.84 Å². The van der Waals surface area contributed by atoms with Crippen molar-refractivity contribution in [1.82, 2.24) is 4.90 Å². The first kappa shape index (κ1) is 8.99. The summed E-state index contributed by atoms with van der Waals surface area (Å²) in [7, 11) is 0. The molecule has 2 atom stereocenters. The van der Waals surface area contributed by atoms with Gasteiger partial charge in [0.05, 0.1) is 12.1 Å². The fourth-order valence-electron chi connectivity index (χ4n) is 1.46. The maximum Gasteiger partial charge on any atom is 0.220 e. The quantitative estimate of drug-likeness (QED) is 0.345. The predicted molar refractivity (Wildman–Crippen MR) is 43.7 cm³/mol. The summed E-state index contributed by atoms with van der Waals surface area (Å²) in [4.78, 5) is 12.4. The summed E-state index contributed by atoms with van der Waals surface area (Å²) in [6.45, 7) is 1.70. The van der Waals surface area contributed by atoms with Gasteiger partial charge < -0.3 is 15.7 Å². The summed E-state index contributed by atoms with van der Waals surface area (Å²) < 4.78 is 0. The lowest BCUT2D eigenvalue weighted by Gasteiger charge is -2.21. The first-order chi connectivity index (χ1) is 5.52. The van der Waals surface area contributed by atoms with Gasteiger partial charge in [0.2, 0.25) is 5.91 Å². The van der Waals surface area contributed by atoms with Crippen molar-refractivity contribution in [1.29, 1.82) is 5.41 Å². The third-order valence-electron chi connectivity index (χ3n) is 2.04. The van der Waals surface area contributed by atoms with Crippen LogP contribution in [0.25, 0.3) is 0 Å². The van der Waals surface area contributed by atoms with E-state index in [2.05, 4.69) is 0 Å². The second kappa shape index (κ2) is 3.10. The van der Waals surface area contributed by atoms with Gasteiger partial charge in [-0.3, -0.25) is 10.2 Å². The minimum absolute atomic E-state index is 0.0539. The average molecular weight is 171 g/mol. The van der Waals surface area contributed by atoms with Crippen molar-refractivity contribution in [3.63, 3.8) is 0 Å². The largest absolute Gasteiger partial charge is 0.391 e. The number of hydrogen-bond donors (Lipinski definition) is 3. The van der Waals surface area contributed by atoms with Gasteiger partial charge >= 0.3 is 0 Å². The van der Waals surface area contributed by atoms with E-state index in [0.717, 1.165) is 0 Å². The summed E-state index contributed by atoms with van der Waals surface area (Å²) in [6.07, 6.45) is -0.155. The number of likely N-dealkylation sites (tertiary alicyclic amines) is 1. The van der Waals surface area contributed by atoms with Crippen LogP contribution < -0.4 is 5.73 Å². The molecule has 1 unspecified atom stereocenters. The maximum atomic E-state index is 11.0. The van der Waals surface area contributed by atoms with Gasteiger partial charge in [-0.2, -0.15) is 0 Å². The molecular weight excluding hydrogens is 158 g/mol. The van der Waals surface area contributed by atoms with Crippen LogP contribution in [-0.4, -0.2) is 40.4 Å². The minimum Gasteiger partial charge on any atom is -0.391 e. The van der Waals surface area contributed by atoms with Crippen LogP contribution in [0.2, 0.25) is 0 Å². The number of nitrogens with two attached hydrogens (primary N) is 1. The number of nitrogens with zero attached hydrogens (tertiary/aromatic N) is 1. The molecule has 0 aromatic carbocycles. The number of rotatable bonds is 1. The zero-order valence-electron chi connectivity index (χ0n) is 6.95. The highest BCUT2D eigenvalue weighted by molar-refractivity contribution is 5.88. The highest BCUT2D eigenvalue weighted by Crippen LogP contribution is 2.17. The van der Waals surface area contributed by atoms with Crippen molar-refractivity contribution in [3.05, 3.63) is 0 Å². The van der Waals surface area contributed by atoms with E-state index in [1.165, 1.54) is 11.8 Å². The van der Waals surface area contributed by atoms with Gasteiger partial charge in [0.25, 0.3) is 0 Å². The Morgan fingerprint density at radius 2 is 2.33 bits per heavy atom. The monoisotopic (exact) mass is 171 g/mol. The lowest BCUT2D eigenvalue weighted by Crippen LogP contribution is -2.42. The zero-order valence-corrected chi connectivity index (χ0v) is 6.95. The highest BCUT2D eigenvalue weighted by atomic mass is 16.3. The number of nitrogens with one attached hydrogen (secondary N) is 1. The van der Waals surface area contributed by atoms with E-state index in [0.29, 0.717) is 13.0 Å². The fourth-order valence-corrected chi connectivity index (χ4v) is 1.46. The van der Waals surface area contributed by atoms with Gasteiger partial charge in [-0.1, -0.05) is 0 Å². The Morgan fingerprint density at radius 3 is 2.67 bits per heavy atom. The standard InChI is InChI=1S/C7H13N3O2/c1-4(11)10-3-5(12)2-6(10)7(8)9/h5-6,12H,2-3H2,1H3,(H3,8,9)/t5-,6?/m1/s1. The third-order valence-corrected chi connectivity index (χ3v) is 2.04. The molecule has 68 valence electrons. The smallest absolute Gasteiger partial charge is 0.220 e. The first-order valence-corrected chi connectivity index (χ1v) is 3.81. The number of aliphatic hydroxyl groups excluding tert-OH is 1. The Labute approximate surface area is 70.7 Å². The first-order valence-electron chi connectivity index (χ1n) is 3.81. The zero-order chi connectivity index (χ0) is 9.30. The van der Waals surface area contributed by atoms with Crippen LogP contribution >= 0.6 is 0 Å². The summed E-state index contributed by atoms with van der Waals surface area (Å²) >= 11 is 0. The van der Waals surface area contributed by atoms with Crippen molar-refractivity contribution in [2.24, 2.45) is 5.73 Å². The number of β-amino-alcohol motifs (C(OH)–C–C–N with tert-alkyl or cyclic N) is 1. The molecule has 5 nitrogen and oxygen atoms in total. The third kappa shape index (κ3) is 1.55. The minimum atomic E-state index is -0.539. The SMILES string of the molecule is CC(=O)N1C[C@H](O)CC1C(=N)N. The molecule has 1 rings (SSSR count). The molecular formula is C7H13N3O2. The van der Waals surface area contributed by atoms with Crippen LogP contribution in [0, 0.1) is 5.41 Å². The normalized spacial score (nSPS) is 29.0. The molecule has 1 aliphatic heterocycles. The highest BCUT2D eigenvalue weighted by Gasteiger charge is 2.34. The molecule has 1 amide bonds. The number of carbonyl (C=O) groups excluding carboxylic acids is 1. The molecule has 0 saturated carbocycles. The Morgan fingerprint density at radius 1 is 1.75 bits per heavy atom. The van der Waals surface area contributed by atoms with Gasteiger partial charge in [0.15, 0.2) is 0 Å².